The van der Waals surface area contributed by atoms with Gasteiger partial charge >= 0.3 is 5.97 Å². The van der Waals surface area contributed by atoms with E-state index in [9.17, 15) is 9.90 Å². The first kappa shape index (κ1) is 10.4. The molecule has 0 amide bonds. The summed E-state index contributed by atoms with van der Waals surface area (Å²) in [5.41, 5.74) is -1.60. The van der Waals surface area contributed by atoms with Crippen LogP contribution in [0, 0.1) is 0 Å². The van der Waals surface area contributed by atoms with Gasteiger partial charge in [0.1, 0.15) is 0 Å². The second-order valence-electron chi connectivity index (χ2n) is 2.68. The van der Waals surface area contributed by atoms with Crippen LogP contribution in [0.2, 0.25) is 0 Å². The molecule has 0 saturated heterocycles. The van der Waals surface area contributed by atoms with E-state index in [0.29, 0.717) is 6.54 Å². The number of aliphatic carboxylic acids is 1. The maximum atomic E-state index is 10.3. The summed E-state index contributed by atoms with van der Waals surface area (Å²) in [4.78, 5) is 10.3. The summed E-state index contributed by atoms with van der Waals surface area (Å²) in [6, 6.07) is 0. The monoisotopic (exact) mass is 161 g/mol. The molecule has 0 aliphatic heterocycles. The van der Waals surface area contributed by atoms with Crippen molar-refractivity contribution in [3.05, 3.63) is 0 Å². The van der Waals surface area contributed by atoms with Gasteiger partial charge in [-0.1, -0.05) is 6.92 Å². The predicted octanol–water partition coefficient (Wildman–Crippen LogP) is -0.178. The van der Waals surface area contributed by atoms with Gasteiger partial charge in [0.25, 0.3) is 0 Å². The van der Waals surface area contributed by atoms with Gasteiger partial charge in [-0.15, -0.1) is 0 Å². The van der Waals surface area contributed by atoms with Crippen LogP contribution in [-0.4, -0.2) is 34.9 Å². The van der Waals surface area contributed by atoms with E-state index in [-0.39, 0.29) is 6.42 Å². The van der Waals surface area contributed by atoms with Crippen molar-refractivity contribution < 1.29 is 15.0 Å². The minimum absolute atomic E-state index is 0.232. The quantitative estimate of drug-likeness (QED) is 0.489. The van der Waals surface area contributed by atoms with Crippen LogP contribution in [0.15, 0.2) is 0 Å². The number of carboxylic acid groups (broad SMARTS) is 1. The van der Waals surface area contributed by atoms with Crippen LogP contribution in [0.1, 0.15) is 20.3 Å². The standard InChI is InChI=1S/C7H15NO3/c1-3-8-5-4-7(2,11)6(9)10/h8,11H,3-5H2,1-2H3,(H,9,10). The molecule has 0 aromatic rings. The Balaban J connectivity index is 3.64. The zero-order chi connectivity index (χ0) is 8.91. The fraction of sp³-hybridized carbons (Fsp3) is 0.857. The van der Waals surface area contributed by atoms with E-state index in [1.165, 1.54) is 6.92 Å². The molecule has 66 valence electrons. The Labute approximate surface area is 66.2 Å². The summed E-state index contributed by atoms with van der Waals surface area (Å²) in [6.45, 7) is 4.54. The molecule has 3 N–H and O–H groups in total. The Hall–Kier alpha value is -0.610. The maximum absolute atomic E-state index is 10.3. The van der Waals surface area contributed by atoms with Gasteiger partial charge in [0.2, 0.25) is 0 Å². The lowest BCUT2D eigenvalue weighted by molar-refractivity contribution is -0.157. The van der Waals surface area contributed by atoms with E-state index in [1.54, 1.807) is 0 Å². The van der Waals surface area contributed by atoms with Crippen LogP contribution in [0.4, 0.5) is 0 Å². The summed E-state index contributed by atoms with van der Waals surface area (Å²) < 4.78 is 0. The summed E-state index contributed by atoms with van der Waals surface area (Å²) in [5.74, 6) is -1.17. The van der Waals surface area contributed by atoms with Gasteiger partial charge in [0.15, 0.2) is 5.60 Å². The van der Waals surface area contributed by atoms with Crippen molar-refractivity contribution >= 4 is 5.97 Å². The normalized spacial score (nSPS) is 15.9. The SMILES string of the molecule is CCNCCC(C)(O)C(=O)O. The topological polar surface area (TPSA) is 69.6 Å². The van der Waals surface area contributed by atoms with E-state index in [4.69, 9.17) is 5.11 Å². The van der Waals surface area contributed by atoms with Gasteiger partial charge in [-0.25, -0.2) is 4.79 Å². The lowest BCUT2D eigenvalue weighted by Gasteiger charge is -2.17. The molecule has 0 heterocycles. The molecule has 0 fully saturated rings. The molecule has 0 aromatic carbocycles. The number of carbonyl (C=O) groups is 1. The molecule has 1 atom stereocenters. The minimum Gasteiger partial charge on any atom is -0.479 e. The summed E-state index contributed by atoms with van der Waals surface area (Å²) in [5, 5.41) is 20.6. The van der Waals surface area contributed by atoms with Crippen LogP contribution in [0.25, 0.3) is 0 Å². The minimum atomic E-state index is -1.60. The van der Waals surface area contributed by atoms with Crippen LogP contribution < -0.4 is 5.32 Å². The van der Waals surface area contributed by atoms with Crippen molar-refractivity contribution in [3.8, 4) is 0 Å². The second-order valence-corrected chi connectivity index (χ2v) is 2.68. The number of hydrogen-bond acceptors (Lipinski definition) is 3. The Bertz CT molecular complexity index is 134. The van der Waals surface area contributed by atoms with Crippen molar-refractivity contribution in [3.63, 3.8) is 0 Å². The van der Waals surface area contributed by atoms with Gasteiger partial charge < -0.3 is 15.5 Å². The number of hydrogen-bond donors (Lipinski definition) is 3. The number of nitrogens with one attached hydrogen (secondary N) is 1. The number of carboxylic acids is 1. The highest BCUT2D eigenvalue weighted by atomic mass is 16.4. The van der Waals surface area contributed by atoms with E-state index in [0.717, 1.165) is 6.54 Å². The third-order valence-corrected chi connectivity index (χ3v) is 1.50. The van der Waals surface area contributed by atoms with E-state index >= 15 is 0 Å². The molecule has 0 saturated carbocycles. The molecule has 0 spiro atoms. The molecule has 11 heavy (non-hydrogen) atoms. The molecule has 4 heteroatoms. The van der Waals surface area contributed by atoms with Crippen molar-refractivity contribution in [2.75, 3.05) is 13.1 Å². The largest absolute Gasteiger partial charge is 0.479 e. The average Bonchev–Trinajstić information content (AvgIpc) is 1.88. The first-order valence-corrected chi connectivity index (χ1v) is 3.67. The lowest BCUT2D eigenvalue weighted by atomic mass is 10.0. The van der Waals surface area contributed by atoms with E-state index in [2.05, 4.69) is 5.32 Å². The van der Waals surface area contributed by atoms with Gasteiger partial charge in [-0.05, 0) is 26.4 Å². The zero-order valence-corrected chi connectivity index (χ0v) is 6.92. The molecular formula is C7H15NO3. The summed E-state index contributed by atoms with van der Waals surface area (Å²) >= 11 is 0. The lowest BCUT2D eigenvalue weighted by Crippen LogP contribution is -2.37. The van der Waals surface area contributed by atoms with Crippen LogP contribution in [-0.2, 0) is 4.79 Å². The average molecular weight is 161 g/mol. The number of rotatable bonds is 5. The Morgan fingerprint density at radius 3 is 2.55 bits per heavy atom. The molecule has 0 bridgehead atoms. The van der Waals surface area contributed by atoms with Crippen molar-refractivity contribution in [2.24, 2.45) is 0 Å². The molecule has 4 nitrogen and oxygen atoms in total. The van der Waals surface area contributed by atoms with Crippen molar-refractivity contribution in [2.45, 2.75) is 25.9 Å². The highest BCUT2D eigenvalue weighted by Gasteiger charge is 2.28. The van der Waals surface area contributed by atoms with Gasteiger partial charge in [-0.3, -0.25) is 0 Å². The first-order chi connectivity index (χ1) is 5.00. The van der Waals surface area contributed by atoms with Crippen LogP contribution >= 0.6 is 0 Å². The first-order valence-electron chi connectivity index (χ1n) is 3.67. The van der Waals surface area contributed by atoms with Gasteiger partial charge in [0.05, 0.1) is 0 Å². The Morgan fingerprint density at radius 2 is 2.18 bits per heavy atom. The summed E-state index contributed by atoms with van der Waals surface area (Å²) in [6.07, 6.45) is 0.232. The fourth-order valence-corrected chi connectivity index (χ4v) is 0.615. The molecule has 0 radical (unpaired) electrons. The molecule has 1 unspecified atom stereocenters. The van der Waals surface area contributed by atoms with E-state index in [1.807, 2.05) is 6.92 Å². The molecule has 0 aliphatic carbocycles. The molecular weight excluding hydrogens is 146 g/mol. The van der Waals surface area contributed by atoms with Crippen LogP contribution in [0.3, 0.4) is 0 Å². The molecule has 0 aliphatic rings. The second kappa shape index (κ2) is 4.31. The fourth-order valence-electron chi connectivity index (χ4n) is 0.615. The van der Waals surface area contributed by atoms with Gasteiger partial charge in [-0.2, -0.15) is 0 Å². The smallest absolute Gasteiger partial charge is 0.335 e. The summed E-state index contributed by atoms with van der Waals surface area (Å²) in [7, 11) is 0. The highest BCUT2D eigenvalue weighted by Crippen LogP contribution is 2.07. The highest BCUT2D eigenvalue weighted by molar-refractivity contribution is 5.76. The third-order valence-electron chi connectivity index (χ3n) is 1.50. The zero-order valence-electron chi connectivity index (χ0n) is 6.92. The number of aliphatic hydroxyl groups is 1. The Morgan fingerprint density at radius 1 is 1.64 bits per heavy atom. The molecule has 0 rings (SSSR count). The maximum Gasteiger partial charge on any atom is 0.335 e. The predicted molar refractivity (Wildman–Crippen MR) is 41.4 cm³/mol. The third kappa shape index (κ3) is 3.95. The van der Waals surface area contributed by atoms with Crippen LogP contribution in [0.5, 0.6) is 0 Å². The van der Waals surface area contributed by atoms with E-state index < -0.39 is 11.6 Å². The molecule has 0 aromatic heterocycles. The van der Waals surface area contributed by atoms with Gasteiger partial charge in [0, 0.05) is 0 Å². The Kier molecular flexibility index (Phi) is 4.07. The van der Waals surface area contributed by atoms with Crippen molar-refractivity contribution in [1.82, 2.24) is 5.32 Å². The van der Waals surface area contributed by atoms with Crippen molar-refractivity contribution in [1.29, 1.82) is 0 Å².